The molecular weight excluding hydrogens is 304 g/mol. The van der Waals surface area contributed by atoms with Crippen LogP contribution < -0.4 is 11.1 Å². The number of nitrogens with one attached hydrogen (secondary N) is 1. The first kappa shape index (κ1) is 14.5. The molecule has 104 valence electrons. The van der Waals surface area contributed by atoms with Crippen molar-refractivity contribution in [2.24, 2.45) is 11.7 Å². The van der Waals surface area contributed by atoms with Crippen LogP contribution in [0.2, 0.25) is 0 Å². The van der Waals surface area contributed by atoms with Gasteiger partial charge in [0.25, 0.3) is 0 Å². The number of hydrogen-bond acceptors (Lipinski definition) is 2. The van der Waals surface area contributed by atoms with E-state index in [2.05, 4.69) is 21.2 Å². The molecule has 0 heterocycles. The van der Waals surface area contributed by atoms with E-state index in [1.165, 1.54) is 12.8 Å². The molecule has 1 fully saturated rings. The van der Waals surface area contributed by atoms with Crippen LogP contribution in [0.1, 0.15) is 37.7 Å². The van der Waals surface area contributed by atoms with Gasteiger partial charge < -0.3 is 11.1 Å². The zero-order chi connectivity index (χ0) is 13.8. The fourth-order valence-corrected chi connectivity index (χ4v) is 3.04. The van der Waals surface area contributed by atoms with Crippen LogP contribution in [-0.4, -0.2) is 11.9 Å². The number of anilines is 1. The molecule has 1 saturated carbocycles. The summed E-state index contributed by atoms with van der Waals surface area (Å²) in [6.45, 7) is 1.99. The van der Waals surface area contributed by atoms with Crippen molar-refractivity contribution in [1.82, 2.24) is 0 Å². The number of carbonyl (C=O) groups is 1. The normalized spacial score (nSPS) is 23.1. The van der Waals surface area contributed by atoms with Gasteiger partial charge in [0.2, 0.25) is 5.91 Å². The van der Waals surface area contributed by atoms with Gasteiger partial charge >= 0.3 is 0 Å². The van der Waals surface area contributed by atoms with E-state index >= 15 is 0 Å². The SMILES string of the molecule is Cc1c(Br)cccc1NC(=O)CC1CCCCC1N. The highest BCUT2D eigenvalue weighted by atomic mass is 79.9. The summed E-state index contributed by atoms with van der Waals surface area (Å²) in [4.78, 5) is 12.1. The van der Waals surface area contributed by atoms with Crippen LogP contribution in [0, 0.1) is 12.8 Å². The van der Waals surface area contributed by atoms with E-state index in [1.807, 2.05) is 25.1 Å². The number of benzene rings is 1. The van der Waals surface area contributed by atoms with Gasteiger partial charge in [-0.1, -0.05) is 34.8 Å². The van der Waals surface area contributed by atoms with Crippen molar-refractivity contribution in [3.05, 3.63) is 28.2 Å². The maximum absolute atomic E-state index is 12.1. The van der Waals surface area contributed by atoms with Crippen LogP contribution in [0.15, 0.2) is 22.7 Å². The van der Waals surface area contributed by atoms with E-state index in [4.69, 9.17) is 5.73 Å². The molecule has 1 aromatic rings. The molecule has 2 unspecified atom stereocenters. The van der Waals surface area contributed by atoms with Crippen LogP contribution in [0.3, 0.4) is 0 Å². The lowest BCUT2D eigenvalue weighted by Crippen LogP contribution is -2.35. The highest BCUT2D eigenvalue weighted by Gasteiger charge is 2.24. The molecule has 2 atom stereocenters. The summed E-state index contributed by atoms with van der Waals surface area (Å²) in [6.07, 6.45) is 5.05. The van der Waals surface area contributed by atoms with Crippen molar-refractivity contribution >= 4 is 27.5 Å². The molecule has 3 N–H and O–H groups in total. The van der Waals surface area contributed by atoms with Crippen LogP contribution in [0.25, 0.3) is 0 Å². The molecule has 1 aliphatic carbocycles. The van der Waals surface area contributed by atoms with Crippen molar-refractivity contribution in [2.75, 3.05) is 5.32 Å². The van der Waals surface area contributed by atoms with Crippen molar-refractivity contribution in [3.63, 3.8) is 0 Å². The van der Waals surface area contributed by atoms with Gasteiger partial charge in [-0.05, 0) is 43.4 Å². The summed E-state index contributed by atoms with van der Waals surface area (Å²) < 4.78 is 1.01. The van der Waals surface area contributed by atoms with Gasteiger partial charge in [0.1, 0.15) is 0 Å². The topological polar surface area (TPSA) is 55.1 Å². The molecule has 0 aromatic heterocycles. The standard InChI is InChI=1S/C15H21BrN2O/c1-10-12(16)6-4-8-14(10)18-15(19)9-11-5-2-3-7-13(11)17/h4,6,8,11,13H,2-3,5,7,9,17H2,1H3,(H,18,19). The smallest absolute Gasteiger partial charge is 0.224 e. The second-order valence-electron chi connectivity index (χ2n) is 5.37. The molecule has 0 radical (unpaired) electrons. The first-order valence-electron chi connectivity index (χ1n) is 6.88. The first-order valence-corrected chi connectivity index (χ1v) is 7.68. The van der Waals surface area contributed by atoms with Crippen molar-refractivity contribution in [1.29, 1.82) is 0 Å². The van der Waals surface area contributed by atoms with E-state index in [-0.39, 0.29) is 11.9 Å². The molecule has 19 heavy (non-hydrogen) atoms. The number of nitrogens with two attached hydrogens (primary N) is 1. The van der Waals surface area contributed by atoms with E-state index in [0.717, 1.165) is 28.6 Å². The summed E-state index contributed by atoms with van der Waals surface area (Å²) in [5.41, 5.74) is 8.02. The molecule has 1 amide bonds. The van der Waals surface area contributed by atoms with Gasteiger partial charge in [-0.3, -0.25) is 4.79 Å². The number of amides is 1. The molecule has 0 saturated heterocycles. The lowest BCUT2D eigenvalue weighted by atomic mass is 9.83. The molecule has 3 nitrogen and oxygen atoms in total. The largest absolute Gasteiger partial charge is 0.327 e. The quantitative estimate of drug-likeness (QED) is 0.892. The fraction of sp³-hybridized carbons (Fsp3) is 0.533. The summed E-state index contributed by atoms with van der Waals surface area (Å²) in [5, 5.41) is 2.99. The number of hydrogen-bond donors (Lipinski definition) is 2. The fourth-order valence-electron chi connectivity index (χ4n) is 2.67. The Kier molecular flexibility index (Phi) is 4.99. The van der Waals surface area contributed by atoms with Crippen molar-refractivity contribution in [3.8, 4) is 0 Å². The Labute approximate surface area is 123 Å². The molecule has 0 bridgehead atoms. The van der Waals surface area contributed by atoms with Gasteiger partial charge in [0.05, 0.1) is 0 Å². The second kappa shape index (κ2) is 6.53. The van der Waals surface area contributed by atoms with Gasteiger partial charge in [0, 0.05) is 22.6 Å². The third kappa shape index (κ3) is 3.80. The highest BCUT2D eigenvalue weighted by Crippen LogP contribution is 2.27. The molecule has 4 heteroatoms. The molecule has 0 spiro atoms. The van der Waals surface area contributed by atoms with Crippen LogP contribution in [0.4, 0.5) is 5.69 Å². The lowest BCUT2D eigenvalue weighted by molar-refractivity contribution is -0.117. The Hall–Kier alpha value is -0.870. The molecule has 1 aliphatic rings. The van der Waals surface area contributed by atoms with E-state index in [9.17, 15) is 4.79 Å². The summed E-state index contributed by atoms with van der Waals surface area (Å²) in [7, 11) is 0. The van der Waals surface area contributed by atoms with E-state index in [0.29, 0.717) is 12.3 Å². The minimum atomic E-state index is 0.0727. The van der Waals surface area contributed by atoms with Crippen LogP contribution in [-0.2, 0) is 4.79 Å². The average Bonchev–Trinajstić information content (AvgIpc) is 2.38. The van der Waals surface area contributed by atoms with Gasteiger partial charge in [-0.15, -0.1) is 0 Å². The third-order valence-electron chi connectivity index (χ3n) is 3.96. The summed E-state index contributed by atoms with van der Waals surface area (Å²) in [6, 6.07) is 6.02. The predicted molar refractivity (Wildman–Crippen MR) is 82.1 cm³/mol. The van der Waals surface area contributed by atoms with Crippen molar-refractivity contribution < 1.29 is 4.79 Å². The summed E-state index contributed by atoms with van der Waals surface area (Å²) >= 11 is 3.47. The maximum Gasteiger partial charge on any atom is 0.224 e. The maximum atomic E-state index is 12.1. The number of rotatable bonds is 3. The molecule has 1 aromatic carbocycles. The number of halogens is 1. The Morgan fingerprint density at radius 1 is 1.42 bits per heavy atom. The zero-order valence-electron chi connectivity index (χ0n) is 11.3. The summed E-state index contributed by atoms with van der Waals surface area (Å²) in [5.74, 6) is 0.407. The third-order valence-corrected chi connectivity index (χ3v) is 4.82. The highest BCUT2D eigenvalue weighted by molar-refractivity contribution is 9.10. The average molecular weight is 325 g/mol. The van der Waals surface area contributed by atoms with E-state index in [1.54, 1.807) is 0 Å². The van der Waals surface area contributed by atoms with Gasteiger partial charge in [0.15, 0.2) is 0 Å². The minimum absolute atomic E-state index is 0.0727. The Morgan fingerprint density at radius 2 is 2.16 bits per heavy atom. The molecular formula is C15H21BrN2O. The first-order chi connectivity index (χ1) is 9.08. The second-order valence-corrected chi connectivity index (χ2v) is 6.23. The van der Waals surface area contributed by atoms with Crippen molar-refractivity contribution in [2.45, 2.75) is 45.1 Å². The number of carbonyl (C=O) groups excluding carboxylic acids is 1. The predicted octanol–water partition coefficient (Wildman–Crippen LogP) is 3.60. The minimum Gasteiger partial charge on any atom is -0.327 e. The van der Waals surface area contributed by atoms with E-state index < -0.39 is 0 Å². The Bertz CT molecular complexity index is 461. The molecule has 2 rings (SSSR count). The zero-order valence-corrected chi connectivity index (χ0v) is 12.9. The Morgan fingerprint density at radius 3 is 2.89 bits per heavy atom. The van der Waals surface area contributed by atoms with Gasteiger partial charge in [-0.25, -0.2) is 0 Å². The van der Waals surface area contributed by atoms with Gasteiger partial charge in [-0.2, -0.15) is 0 Å². The van der Waals surface area contributed by atoms with Crippen LogP contribution >= 0.6 is 15.9 Å². The molecule has 0 aliphatic heterocycles. The monoisotopic (exact) mass is 324 g/mol. The Balaban J connectivity index is 1.95. The lowest BCUT2D eigenvalue weighted by Gasteiger charge is -2.28. The van der Waals surface area contributed by atoms with Crippen LogP contribution in [0.5, 0.6) is 0 Å².